The Morgan fingerprint density at radius 3 is 1.94 bits per heavy atom. The summed E-state index contributed by atoms with van der Waals surface area (Å²) in [5.41, 5.74) is -0.0478. The molecule has 0 aliphatic heterocycles. The molecule has 0 spiro atoms. The van der Waals surface area contributed by atoms with Crippen LogP contribution in [0, 0.1) is 5.92 Å². The van der Waals surface area contributed by atoms with Crippen LogP contribution in [0.5, 0.6) is 11.5 Å². The van der Waals surface area contributed by atoms with Crippen molar-refractivity contribution in [2.24, 2.45) is 5.92 Å². The fourth-order valence-corrected chi connectivity index (χ4v) is 3.17. The number of amides is 3. The minimum absolute atomic E-state index is 0.0681. The molecule has 0 radical (unpaired) electrons. The topological polar surface area (TPSA) is 132 Å². The van der Waals surface area contributed by atoms with Crippen molar-refractivity contribution in [3.8, 4) is 11.5 Å². The van der Waals surface area contributed by atoms with Gasteiger partial charge in [-0.05, 0) is 57.2 Å². The van der Waals surface area contributed by atoms with E-state index in [9.17, 15) is 19.2 Å². The highest BCUT2D eigenvalue weighted by molar-refractivity contribution is 6.38. The second-order valence-electron chi connectivity index (χ2n) is 9.57. The van der Waals surface area contributed by atoms with Gasteiger partial charge >= 0.3 is 6.09 Å². The lowest BCUT2D eigenvalue weighted by Crippen LogP contribution is -2.54. The van der Waals surface area contributed by atoms with E-state index in [0.717, 1.165) is 0 Å². The first-order chi connectivity index (χ1) is 16.3. The Labute approximate surface area is 207 Å². The average molecular weight is 494 g/mol. The van der Waals surface area contributed by atoms with E-state index in [1.807, 2.05) is 13.8 Å². The fourth-order valence-electron chi connectivity index (χ4n) is 3.17. The maximum Gasteiger partial charge on any atom is 0.408 e. The summed E-state index contributed by atoms with van der Waals surface area (Å²) in [6, 6.07) is 3.16. The van der Waals surface area contributed by atoms with Crippen LogP contribution >= 0.6 is 0 Å². The van der Waals surface area contributed by atoms with Gasteiger partial charge in [0.2, 0.25) is 11.7 Å². The standard InChI is InChI=1S/C25H39N3O7/c1-9-19(27-22(30)20(10-15(2)3)28-24(32)35-25(4,5)6)21(29)23(31)26-14-16-11-17(33-7)13-18(12-16)34-8/h11-13,15,19-20H,9-10,14H2,1-8H3,(H,26,31)(H,27,30)(H,28,32)/t19?,20-/m0/s1. The first kappa shape index (κ1) is 29.7. The van der Waals surface area contributed by atoms with Gasteiger partial charge in [-0.2, -0.15) is 0 Å². The van der Waals surface area contributed by atoms with Crippen LogP contribution in [0.3, 0.4) is 0 Å². The third-order valence-electron chi connectivity index (χ3n) is 4.84. The largest absolute Gasteiger partial charge is 0.497 e. The Balaban J connectivity index is 2.83. The van der Waals surface area contributed by atoms with Crippen LogP contribution < -0.4 is 25.4 Å². The van der Waals surface area contributed by atoms with Gasteiger partial charge in [-0.1, -0.05) is 20.8 Å². The molecular formula is C25H39N3O7. The summed E-state index contributed by atoms with van der Waals surface area (Å²) in [6.07, 6.45) is -0.199. The SMILES string of the molecule is CCC(NC(=O)[C@H](CC(C)C)NC(=O)OC(C)(C)C)C(=O)C(=O)NCc1cc(OC)cc(OC)c1. The van der Waals surface area contributed by atoms with E-state index in [-0.39, 0.29) is 18.9 Å². The van der Waals surface area contributed by atoms with Gasteiger partial charge in [0.25, 0.3) is 5.91 Å². The van der Waals surface area contributed by atoms with Gasteiger partial charge in [0, 0.05) is 12.6 Å². The lowest BCUT2D eigenvalue weighted by Gasteiger charge is -2.25. The molecule has 1 unspecified atom stereocenters. The van der Waals surface area contributed by atoms with E-state index >= 15 is 0 Å². The third kappa shape index (κ3) is 10.7. The molecule has 10 nitrogen and oxygen atoms in total. The lowest BCUT2D eigenvalue weighted by atomic mass is 10.0. The van der Waals surface area contributed by atoms with Gasteiger partial charge in [-0.15, -0.1) is 0 Å². The Bertz CT molecular complexity index is 871. The Hall–Kier alpha value is -3.30. The first-order valence-corrected chi connectivity index (χ1v) is 11.6. The predicted octanol–water partition coefficient (Wildman–Crippen LogP) is 2.72. The second kappa shape index (κ2) is 13.6. The number of alkyl carbamates (subject to hydrolysis) is 1. The Kier molecular flexibility index (Phi) is 11.5. The van der Waals surface area contributed by atoms with Crippen molar-refractivity contribution in [1.82, 2.24) is 16.0 Å². The van der Waals surface area contributed by atoms with Crippen molar-refractivity contribution in [2.75, 3.05) is 14.2 Å². The monoisotopic (exact) mass is 493 g/mol. The number of carbonyl (C=O) groups is 4. The summed E-state index contributed by atoms with van der Waals surface area (Å²) in [4.78, 5) is 50.4. The quantitative estimate of drug-likeness (QED) is 0.381. The minimum Gasteiger partial charge on any atom is -0.497 e. The fraction of sp³-hybridized carbons (Fsp3) is 0.600. The molecule has 1 rings (SSSR count). The van der Waals surface area contributed by atoms with Crippen LogP contribution in [0.25, 0.3) is 0 Å². The van der Waals surface area contributed by atoms with Gasteiger partial charge < -0.3 is 30.2 Å². The molecule has 0 aliphatic rings. The highest BCUT2D eigenvalue weighted by Gasteiger charge is 2.30. The predicted molar refractivity (Wildman–Crippen MR) is 131 cm³/mol. The number of hydrogen-bond acceptors (Lipinski definition) is 7. The lowest BCUT2D eigenvalue weighted by molar-refractivity contribution is -0.140. The van der Waals surface area contributed by atoms with Crippen molar-refractivity contribution in [3.63, 3.8) is 0 Å². The van der Waals surface area contributed by atoms with E-state index in [1.54, 1.807) is 45.9 Å². The van der Waals surface area contributed by atoms with Crippen LogP contribution in [-0.4, -0.2) is 55.6 Å². The molecule has 3 amide bonds. The van der Waals surface area contributed by atoms with Crippen molar-refractivity contribution in [1.29, 1.82) is 0 Å². The van der Waals surface area contributed by atoms with Crippen molar-refractivity contribution >= 4 is 23.7 Å². The number of methoxy groups -OCH3 is 2. The number of hydrogen-bond donors (Lipinski definition) is 3. The smallest absolute Gasteiger partial charge is 0.408 e. The van der Waals surface area contributed by atoms with Crippen LogP contribution in [0.4, 0.5) is 4.79 Å². The van der Waals surface area contributed by atoms with E-state index in [1.165, 1.54) is 14.2 Å². The van der Waals surface area contributed by atoms with Gasteiger partial charge in [0.1, 0.15) is 23.1 Å². The maximum absolute atomic E-state index is 12.9. The number of nitrogens with one attached hydrogen (secondary N) is 3. The zero-order valence-corrected chi connectivity index (χ0v) is 21.9. The highest BCUT2D eigenvalue weighted by Crippen LogP contribution is 2.22. The van der Waals surface area contributed by atoms with Crippen LogP contribution in [0.2, 0.25) is 0 Å². The maximum atomic E-state index is 12.9. The third-order valence-corrected chi connectivity index (χ3v) is 4.84. The number of carbonyl (C=O) groups excluding carboxylic acids is 4. The molecular weight excluding hydrogens is 454 g/mol. The molecule has 0 saturated heterocycles. The molecule has 0 bridgehead atoms. The number of ether oxygens (including phenoxy) is 3. The molecule has 1 aromatic rings. The van der Waals surface area contributed by atoms with Crippen LogP contribution in [0.15, 0.2) is 18.2 Å². The van der Waals surface area contributed by atoms with E-state index < -0.39 is 41.4 Å². The summed E-state index contributed by atoms with van der Waals surface area (Å²) in [5.74, 6) is -0.995. The van der Waals surface area contributed by atoms with Crippen molar-refractivity contribution < 1.29 is 33.4 Å². The molecule has 2 atom stereocenters. The summed E-state index contributed by atoms with van der Waals surface area (Å²) in [5, 5.41) is 7.73. The molecule has 0 aromatic heterocycles. The van der Waals surface area contributed by atoms with Crippen molar-refractivity contribution in [2.45, 2.75) is 78.6 Å². The summed E-state index contributed by atoms with van der Waals surface area (Å²) >= 11 is 0. The molecule has 0 fully saturated rings. The second-order valence-corrected chi connectivity index (χ2v) is 9.57. The Morgan fingerprint density at radius 1 is 0.914 bits per heavy atom. The molecule has 196 valence electrons. The molecule has 0 saturated carbocycles. The van der Waals surface area contributed by atoms with Gasteiger partial charge in [0.05, 0.1) is 20.3 Å². The summed E-state index contributed by atoms with van der Waals surface area (Å²) in [6.45, 7) is 10.7. The summed E-state index contributed by atoms with van der Waals surface area (Å²) < 4.78 is 15.7. The Morgan fingerprint density at radius 2 is 1.49 bits per heavy atom. The molecule has 35 heavy (non-hydrogen) atoms. The molecule has 0 aliphatic carbocycles. The molecule has 0 heterocycles. The molecule has 10 heteroatoms. The van der Waals surface area contributed by atoms with Crippen LogP contribution in [-0.2, 0) is 25.7 Å². The number of ketones is 1. The number of rotatable bonds is 12. The normalized spacial score (nSPS) is 12.8. The number of benzene rings is 1. The van der Waals surface area contributed by atoms with Crippen LogP contribution in [0.1, 0.15) is 59.9 Å². The minimum atomic E-state index is -1.04. The van der Waals surface area contributed by atoms with E-state index in [2.05, 4.69) is 16.0 Å². The number of Topliss-reactive ketones (excluding diaryl/α,β-unsaturated/α-hetero) is 1. The summed E-state index contributed by atoms with van der Waals surface area (Å²) in [7, 11) is 3.03. The van der Waals surface area contributed by atoms with Gasteiger partial charge in [-0.25, -0.2) is 4.79 Å². The first-order valence-electron chi connectivity index (χ1n) is 11.6. The van der Waals surface area contributed by atoms with E-state index in [4.69, 9.17) is 14.2 Å². The van der Waals surface area contributed by atoms with Gasteiger partial charge in [0.15, 0.2) is 0 Å². The van der Waals surface area contributed by atoms with Gasteiger partial charge in [-0.3, -0.25) is 14.4 Å². The average Bonchev–Trinajstić information content (AvgIpc) is 2.77. The van der Waals surface area contributed by atoms with E-state index in [0.29, 0.717) is 23.5 Å². The zero-order chi connectivity index (χ0) is 26.8. The molecule has 3 N–H and O–H groups in total. The van der Waals surface area contributed by atoms with Crippen molar-refractivity contribution in [3.05, 3.63) is 23.8 Å². The highest BCUT2D eigenvalue weighted by atomic mass is 16.6. The zero-order valence-electron chi connectivity index (χ0n) is 21.9. The molecule has 1 aromatic carbocycles.